The summed E-state index contributed by atoms with van der Waals surface area (Å²) < 4.78 is 5.57. The van der Waals surface area contributed by atoms with E-state index in [1.54, 1.807) is 0 Å². The molecule has 1 amide bonds. The summed E-state index contributed by atoms with van der Waals surface area (Å²) in [4.78, 5) is 12.2. The molecule has 96 valence electrons. The van der Waals surface area contributed by atoms with Crippen LogP contribution in [0, 0.1) is 6.92 Å². The van der Waals surface area contributed by atoms with Gasteiger partial charge in [-0.3, -0.25) is 4.79 Å². The first-order valence-electron chi connectivity index (χ1n) is 6.37. The zero-order valence-electron chi connectivity index (χ0n) is 10.8. The molecule has 19 heavy (non-hydrogen) atoms. The number of fused-ring (bicyclic) bond motifs is 1. The van der Waals surface area contributed by atoms with Crippen LogP contribution in [0.3, 0.4) is 0 Å². The molecule has 3 rings (SSSR count). The molecule has 1 heterocycles. The molecule has 0 saturated heterocycles. The van der Waals surface area contributed by atoms with Gasteiger partial charge in [0.1, 0.15) is 5.75 Å². The molecule has 2 aromatic carbocycles. The number of benzene rings is 2. The molecule has 2 aromatic rings. The Hall–Kier alpha value is -2.29. The normalized spacial score (nSPS) is 12.7. The van der Waals surface area contributed by atoms with E-state index < -0.39 is 0 Å². The van der Waals surface area contributed by atoms with Crippen LogP contribution >= 0.6 is 0 Å². The monoisotopic (exact) mass is 253 g/mol. The van der Waals surface area contributed by atoms with Crippen LogP contribution < -0.4 is 10.1 Å². The van der Waals surface area contributed by atoms with Crippen molar-refractivity contribution in [3.63, 3.8) is 0 Å². The maximum absolute atomic E-state index is 12.2. The van der Waals surface area contributed by atoms with Gasteiger partial charge < -0.3 is 10.1 Å². The van der Waals surface area contributed by atoms with Gasteiger partial charge in [-0.1, -0.05) is 29.8 Å². The van der Waals surface area contributed by atoms with Crippen molar-refractivity contribution in [3.05, 3.63) is 59.2 Å². The minimum absolute atomic E-state index is 0.107. The van der Waals surface area contributed by atoms with E-state index in [4.69, 9.17) is 4.74 Å². The third-order valence-corrected chi connectivity index (χ3v) is 3.28. The van der Waals surface area contributed by atoms with Crippen molar-refractivity contribution in [2.24, 2.45) is 0 Å². The Balaban J connectivity index is 1.84. The molecule has 0 bridgehead atoms. The Kier molecular flexibility index (Phi) is 2.95. The second-order valence-corrected chi connectivity index (χ2v) is 4.71. The Morgan fingerprint density at radius 3 is 2.74 bits per heavy atom. The molecule has 3 nitrogen and oxygen atoms in total. The van der Waals surface area contributed by atoms with Crippen LogP contribution in [0.2, 0.25) is 0 Å². The summed E-state index contributed by atoms with van der Waals surface area (Å²) in [6.07, 6.45) is 0.906. The lowest BCUT2D eigenvalue weighted by molar-refractivity contribution is 0.102. The number of carbonyl (C=O) groups excluding carboxylic acids is 1. The molecule has 0 atom stereocenters. The molecule has 3 heteroatoms. The van der Waals surface area contributed by atoms with E-state index in [-0.39, 0.29) is 5.91 Å². The fraction of sp³-hybridized carbons (Fsp3) is 0.188. The van der Waals surface area contributed by atoms with Crippen molar-refractivity contribution < 1.29 is 9.53 Å². The fourth-order valence-corrected chi connectivity index (χ4v) is 2.21. The van der Waals surface area contributed by atoms with Crippen LogP contribution in [0.4, 0.5) is 5.69 Å². The Morgan fingerprint density at radius 1 is 1.16 bits per heavy atom. The van der Waals surface area contributed by atoms with Crippen LogP contribution in [0.5, 0.6) is 5.75 Å². The largest absolute Gasteiger partial charge is 0.491 e. The summed E-state index contributed by atoms with van der Waals surface area (Å²) in [7, 11) is 0. The van der Waals surface area contributed by atoms with Crippen molar-refractivity contribution in [2.45, 2.75) is 13.3 Å². The fourth-order valence-electron chi connectivity index (χ4n) is 2.21. The summed E-state index contributed by atoms with van der Waals surface area (Å²) >= 11 is 0. The standard InChI is InChI=1S/C16H15NO2/c1-11-5-7-13(8-6-11)16(18)17-14-4-2-3-12-9-10-19-15(12)14/h2-8H,9-10H2,1H3,(H,17,18). The number of anilines is 1. The van der Waals surface area contributed by atoms with Gasteiger partial charge in [0.15, 0.2) is 0 Å². The highest BCUT2D eigenvalue weighted by molar-refractivity contribution is 6.05. The van der Waals surface area contributed by atoms with Gasteiger partial charge in [0.25, 0.3) is 5.91 Å². The zero-order chi connectivity index (χ0) is 13.2. The minimum Gasteiger partial charge on any atom is -0.491 e. The summed E-state index contributed by atoms with van der Waals surface area (Å²) in [5, 5.41) is 2.91. The number of hydrogen-bond acceptors (Lipinski definition) is 2. The summed E-state index contributed by atoms with van der Waals surface area (Å²) in [6, 6.07) is 13.4. The Labute approximate surface area is 112 Å². The molecule has 0 aromatic heterocycles. The first-order valence-corrected chi connectivity index (χ1v) is 6.37. The van der Waals surface area contributed by atoms with Crippen molar-refractivity contribution in [2.75, 3.05) is 11.9 Å². The lowest BCUT2D eigenvalue weighted by atomic mass is 10.1. The molecule has 0 radical (unpaired) electrons. The zero-order valence-corrected chi connectivity index (χ0v) is 10.8. The predicted octanol–water partition coefficient (Wildman–Crippen LogP) is 3.18. The average molecular weight is 253 g/mol. The molecular weight excluding hydrogens is 238 g/mol. The maximum atomic E-state index is 12.2. The number of aryl methyl sites for hydroxylation is 1. The van der Waals surface area contributed by atoms with Crippen LogP contribution in [0.15, 0.2) is 42.5 Å². The molecular formula is C16H15NO2. The molecule has 0 spiro atoms. The Morgan fingerprint density at radius 2 is 1.95 bits per heavy atom. The van der Waals surface area contributed by atoms with Gasteiger partial charge >= 0.3 is 0 Å². The van der Waals surface area contributed by atoms with Crippen LogP contribution in [-0.4, -0.2) is 12.5 Å². The number of hydrogen-bond donors (Lipinski definition) is 1. The lowest BCUT2D eigenvalue weighted by Gasteiger charge is -2.09. The smallest absolute Gasteiger partial charge is 0.255 e. The molecule has 0 saturated carbocycles. The summed E-state index contributed by atoms with van der Waals surface area (Å²) in [6.45, 7) is 2.69. The molecule has 1 aliphatic heterocycles. The quantitative estimate of drug-likeness (QED) is 0.892. The second-order valence-electron chi connectivity index (χ2n) is 4.71. The third-order valence-electron chi connectivity index (χ3n) is 3.28. The van der Waals surface area contributed by atoms with E-state index in [1.165, 1.54) is 0 Å². The van der Waals surface area contributed by atoms with Gasteiger partial charge in [-0.25, -0.2) is 0 Å². The van der Waals surface area contributed by atoms with E-state index in [0.29, 0.717) is 12.2 Å². The highest BCUT2D eigenvalue weighted by Gasteiger charge is 2.17. The first kappa shape index (κ1) is 11.8. The third kappa shape index (κ3) is 2.32. The summed E-state index contributed by atoms with van der Waals surface area (Å²) in [5.41, 5.74) is 3.70. The lowest BCUT2D eigenvalue weighted by Crippen LogP contribution is -2.12. The van der Waals surface area contributed by atoms with E-state index in [2.05, 4.69) is 5.32 Å². The van der Waals surface area contributed by atoms with Crippen LogP contribution in [0.1, 0.15) is 21.5 Å². The van der Waals surface area contributed by atoms with Gasteiger partial charge in [0, 0.05) is 12.0 Å². The molecule has 1 N–H and O–H groups in total. The van der Waals surface area contributed by atoms with E-state index in [1.807, 2.05) is 49.4 Å². The SMILES string of the molecule is Cc1ccc(C(=O)Nc2cccc3c2OCC3)cc1. The summed E-state index contributed by atoms with van der Waals surface area (Å²) in [5.74, 6) is 0.701. The van der Waals surface area contributed by atoms with Crippen molar-refractivity contribution >= 4 is 11.6 Å². The van der Waals surface area contributed by atoms with Gasteiger partial charge in [-0.15, -0.1) is 0 Å². The molecule has 0 fully saturated rings. The van der Waals surface area contributed by atoms with E-state index >= 15 is 0 Å². The number of rotatable bonds is 2. The second kappa shape index (κ2) is 4.76. The van der Waals surface area contributed by atoms with Crippen LogP contribution in [0.25, 0.3) is 0 Å². The molecule has 1 aliphatic rings. The van der Waals surface area contributed by atoms with Gasteiger partial charge in [0.2, 0.25) is 0 Å². The molecule has 0 unspecified atom stereocenters. The Bertz CT molecular complexity index is 617. The highest BCUT2D eigenvalue weighted by atomic mass is 16.5. The van der Waals surface area contributed by atoms with E-state index in [9.17, 15) is 4.79 Å². The minimum atomic E-state index is -0.107. The predicted molar refractivity (Wildman–Crippen MR) is 74.8 cm³/mol. The highest BCUT2D eigenvalue weighted by Crippen LogP contribution is 2.33. The topological polar surface area (TPSA) is 38.3 Å². The van der Waals surface area contributed by atoms with Gasteiger partial charge in [-0.05, 0) is 30.7 Å². The number of nitrogens with one attached hydrogen (secondary N) is 1. The number of amides is 1. The maximum Gasteiger partial charge on any atom is 0.255 e. The molecule has 0 aliphatic carbocycles. The van der Waals surface area contributed by atoms with Crippen LogP contribution in [-0.2, 0) is 6.42 Å². The average Bonchev–Trinajstić information content (AvgIpc) is 2.89. The van der Waals surface area contributed by atoms with Gasteiger partial charge in [-0.2, -0.15) is 0 Å². The van der Waals surface area contributed by atoms with Gasteiger partial charge in [0.05, 0.1) is 12.3 Å². The number of para-hydroxylation sites is 1. The van der Waals surface area contributed by atoms with E-state index in [0.717, 1.165) is 29.0 Å². The number of carbonyl (C=O) groups is 1. The van der Waals surface area contributed by atoms with Crippen molar-refractivity contribution in [1.82, 2.24) is 0 Å². The number of ether oxygens (including phenoxy) is 1. The first-order chi connectivity index (χ1) is 9.24. The van der Waals surface area contributed by atoms with Crippen molar-refractivity contribution in [3.8, 4) is 5.75 Å². The van der Waals surface area contributed by atoms with Crippen molar-refractivity contribution in [1.29, 1.82) is 0 Å².